The molecule has 1 aromatic rings. The van der Waals surface area contributed by atoms with E-state index in [9.17, 15) is 4.79 Å². The number of halogens is 1. The number of amides is 1. The van der Waals surface area contributed by atoms with Gasteiger partial charge in [-0.2, -0.15) is 0 Å². The molecule has 0 aliphatic heterocycles. The van der Waals surface area contributed by atoms with Crippen LogP contribution in [0.3, 0.4) is 0 Å². The Hall–Kier alpha value is -1.46. The Morgan fingerprint density at radius 2 is 2.16 bits per heavy atom. The molecule has 0 aliphatic carbocycles. The molecule has 19 heavy (non-hydrogen) atoms. The first-order chi connectivity index (χ1) is 8.93. The third-order valence-electron chi connectivity index (χ3n) is 2.36. The van der Waals surface area contributed by atoms with E-state index in [4.69, 9.17) is 26.8 Å². The number of methoxy groups -OCH3 is 1. The number of rotatable bonds is 7. The van der Waals surface area contributed by atoms with Gasteiger partial charge in [0.05, 0.1) is 12.1 Å². The molecule has 0 saturated carbocycles. The zero-order valence-electron chi connectivity index (χ0n) is 11.3. The van der Waals surface area contributed by atoms with Crippen molar-refractivity contribution in [2.45, 2.75) is 26.4 Å². The van der Waals surface area contributed by atoms with Crippen LogP contribution in [0.4, 0.5) is 0 Å². The summed E-state index contributed by atoms with van der Waals surface area (Å²) in [6.07, 6.45) is 0. The van der Waals surface area contributed by atoms with Crippen LogP contribution in [0.25, 0.3) is 0 Å². The lowest BCUT2D eigenvalue weighted by molar-refractivity contribution is -0.119. The first kappa shape index (κ1) is 15.6. The average Bonchev–Trinajstić information content (AvgIpc) is 2.34. The van der Waals surface area contributed by atoms with E-state index in [-0.39, 0.29) is 6.61 Å². The summed E-state index contributed by atoms with van der Waals surface area (Å²) in [5, 5.41) is 3.67. The van der Waals surface area contributed by atoms with Gasteiger partial charge in [0.15, 0.2) is 18.1 Å². The third kappa shape index (κ3) is 4.96. The first-order valence-electron chi connectivity index (χ1n) is 5.95. The minimum atomic E-state index is -0.566. The van der Waals surface area contributed by atoms with E-state index in [1.165, 1.54) is 7.11 Å². The van der Waals surface area contributed by atoms with E-state index in [0.717, 1.165) is 5.56 Å². The van der Waals surface area contributed by atoms with E-state index in [0.29, 0.717) is 29.1 Å². The second-order valence-electron chi connectivity index (χ2n) is 4.40. The number of carbonyl (C=O) groups excluding carboxylic acids is 1. The molecule has 0 unspecified atom stereocenters. The number of nitrogens with two attached hydrogens (primary N) is 1. The second kappa shape index (κ2) is 7.21. The van der Waals surface area contributed by atoms with Crippen molar-refractivity contribution in [3.8, 4) is 11.5 Å². The molecule has 106 valence electrons. The average molecular weight is 287 g/mol. The highest BCUT2D eigenvalue weighted by atomic mass is 35.5. The third-order valence-corrected chi connectivity index (χ3v) is 2.64. The summed E-state index contributed by atoms with van der Waals surface area (Å²) in [6.45, 7) is 4.55. The van der Waals surface area contributed by atoms with Gasteiger partial charge in [0.1, 0.15) is 0 Å². The van der Waals surface area contributed by atoms with Crippen molar-refractivity contribution in [2.75, 3.05) is 13.7 Å². The molecule has 1 amide bonds. The van der Waals surface area contributed by atoms with Crippen molar-refractivity contribution in [3.05, 3.63) is 22.7 Å². The van der Waals surface area contributed by atoms with Gasteiger partial charge in [-0.05, 0) is 17.7 Å². The van der Waals surface area contributed by atoms with Crippen LogP contribution >= 0.6 is 11.6 Å². The van der Waals surface area contributed by atoms with Gasteiger partial charge in [-0.3, -0.25) is 4.79 Å². The molecule has 0 fully saturated rings. The minimum absolute atomic E-state index is 0.236. The number of hydrogen-bond donors (Lipinski definition) is 2. The number of hydrogen-bond acceptors (Lipinski definition) is 4. The highest BCUT2D eigenvalue weighted by molar-refractivity contribution is 6.32. The molecular formula is C13H19ClN2O3. The Kier molecular flexibility index (Phi) is 5.92. The molecule has 1 rings (SSSR count). The molecule has 0 heterocycles. The monoisotopic (exact) mass is 286 g/mol. The van der Waals surface area contributed by atoms with Crippen molar-refractivity contribution in [2.24, 2.45) is 5.73 Å². The van der Waals surface area contributed by atoms with Crippen molar-refractivity contribution in [1.82, 2.24) is 5.32 Å². The molecule has 0 bridgehead atoms. The molecule has 0 saturated heterocycles. The molecule has 0 spiro atoms. The normalized spacial score (nSPS) is 10.6. The van der Waals surface area contributed by atoms with E-state index < -0.39 is 5.91 Å². The summed E-state index contributed by atoms with van der Waals surface area (Å²) < 4.78 is 10.5. The molecule has 3 N–H and O–H groups in total. The van der Waals surface area contributed by atoms with Gasteiger partial charge >= 0.3 is 0 Å². The molecule has 1 aromatic carbocycles. The van der Waals surface area contributed by atoms with Gasteiger partial charge in [-0.1, -0.05) is 25.4 Å². The summed E-state index contributed by atoms with van der Waals surface area (Å²) in [7, 11) is 1.52. The van der Waals surface area contributed by atoms with Crippen LogP contribution in [-0.4, -0.2) is 25.7 Å². The second-order valence-corrected chi connectivity index (χ2v) is 4.81. The zero-order chi connectivity index (χ0) is 14.4. The summed E-state index contributed by atoms with van der Waals surface area (Å²) in [5.74, 6) is 0.245. The molecule has 6 heteroatoms. The number of benzene rings is 1. The topological polar surface area (TPSA) is 73.6 Å². The predicted octanol–water partition coefficient (Wildman–Crippen LogP) is 1.71. The molecule has 0 radical (unpaired) electrons. The van der Waals surface area contributed by atoms with Crippen molar-refractivity contribution in [1.29, 1.82) is 0 Å². The van der Waals surface area contributed by atoms with Crippen LogP contribution in [0.5, 0.6) is 11.5 Å². The quantitative estimate of drug-likeness (QED) is 0.800. The lowest BCUT2D eigenvalue weighted by atomic mass is 10.2. The van der Waals surface area contributed by atoms with Crippen LogP contribution in [0, 0.1) is 0 Å². The van der Waals surface area contributed by atoms with E-state index in [2.05, 4.69) is 19.2 Å². The minimum Gasteiger partial charge on any atom is -0.493 e. The van der Waals surface area contributed by atoms with Crippen molar-refractivity contribution >= 4 is 17.5 Å². The van der Waals surface area contributed by atoms with Gasteiger partial charge in [-0.25, -0.2) is 0 Å². The molecule has 0 aliphatic rings. The van der Waals surface area contributed by atoms with E-state index in [1.54, 1.807) is 6.07 Å². The zero-order valence-corrected chi connectivity index (χ0v) is 12.1. The Balaban J connectivity index is 2.90. The van der Waals surface area contributed by atoms with Gasteiger partial charge in [0.25, 0.3) is 5.91 Å². The van der Waals surface area contributed by atoms with E-state index >= 15 is 0 Å². The fraction of sp³-hybridized carbons (Fsp3) is 0.462. The first-order valence-corrected chi connectivity index (χ1v) is 6.32. The maximum Gasteiger partial charge on any atom is 0.255 e. The summed E-state index contributed by atoms with van der Waals surface area (Å²) >= 11 is 6.13. The molecular weight excluding hydrogens is 268 g/mol. The predicted molar refractivity (Wildman–Crippen MR) is 74.7 cm³/mol. The van der Waals surface area contributed by atoms with Crippen LogP contribution in [0.1, 0.15) is 19.4 Å². The van der Waals surface area contributed by atoms with Gasteiger partial charge in [0, 0.05) is 12.6 Å². The van der Waals surface area contributed by atoms with Crippen LogP contribution in [-0.2, 0) is 11.3 Å². The van der Waals surface area contributed by atoms with Gasteiger partial charge < -0.3 is 20.5 Å². The largest absolute Gasteiger partial charge is 0.493 e. The maximum absolute atomic E-state index is 10.7. The molecule has 0 aromatic heterocycles. The molecule has 0 atom stereocenters. The van der Waals surface area contributed by atoms with Crippen LogP contribution in [0.15, 0.2) is 12.1 Å². The summed E-state index contributed by atoms with van der Waals surface area (Å²) in [4.78, 5) is 10.7. The lowest BCUT2D eigenvalue weighted by Crippen LogP contribution is -2.22. The Labute approximate surface area is 118 Å². The van der Waals surface area contributed by atoms with Crippen LogP contribution in [0.2, 0.25) is 5.02 Å². The highest BCUT2D eigenvalue weighted by Gasteiger charge is 2.13. The van der Waals surface area contributed by atoms with Crippen molar-refractivity contribution < 1.29 is 14.3 Å². The van der Waals surface area contributed by atoms with Gasteiger partial charge in [0.2, 0.25) is 0 Å². The lowest BCUT2D eigenvalue weighted by Gasteiger charge is -2.14. The van der Waals surface area contributed by atoms with Crippen LogP contribution < -0.4 is 20.5 Å². The summed E-state index contributed by atoms with van der Waals surface area (Å²) in [5.41, 5.74) is 6.01. The fourth-order valence-electron chi connectivity index (χ4n) is 1.48. The Bertz CT molecular complexity index is 450. The maximum atomic E-state index is 10.7. The standard InChI is InChI=1S/C13H19ClN2O3/c1-8(2)16-6-9-4-10(14)13(11(5-9)18-3)19-7-12(15)17/h4-5,8,16H,6-7H2,1-3H3,(H2,15,17). The number of primary amides is 1. The Morgan fingerprint density at radius 1 is 1.47 bits per heavy atom. The van der Waals surface area contributed by atoms with E-state index in [1.807, 2.05) is 6.07 Å². The number of ether oxygens (including phenoxy) is 2. The molecule has 5 nitrogen and oxygen atoms in total. The summed E-state index contributed by atoms with van der Waals surface area (Å²) in [6, 6.07) is 3.96. The highest BCUT2D eigenvalue weighted by Crippen LogP contribution is 2.36. The number of carbonyl (C=O) groups is 1. The van der Waals surface area contributed by atoms with Gasteiger partial charge in [-0.15, -0.1) is 0 Å². The Morgan fingerprint density at radius 3 is 2.68 bits per heavy atom. The number of nitrogens with one attached hydrogen (secondary N) is 1. The fourth-order valence-corrected chi connectivity index (χ4v) is 1.77. The smallest absolute Gasteiger partial charge is 0.255 e. The SMILES string of the molecule is COc1cc(CNC(C)C)cc(Cl)c1OCC(N)=O. The van der Waals surface area contributed by atoms with Crippen molar-refractivity contribution in [3.63, 3.8) is 0 Å².